The molecule has 0 N–H and O–H groups in total. The first kappa shape index (κ1) is 40.8. The van der Waals surface area contributed by atoms with Crippen LogP contribution in [-0.2, 0) is 17.4 Å². The summed E-state index contributed by atoms with van der Waals surface area (Å²) in [5, 5.41) is 0. The topological polar surface area (TPSA) is 0 Å². The van der Waals surface area contributed by atoms with Gasteiger partial charge in [-0.25, -0.2) is 0 Å². The van der Waals surface area contributed by atoms with Crippen LogP contribution in [0.2, 0.25) is 8.76 Å². The molecule has 0 aromatic heterocycles. The summed E-state index contributed by atoms with van der Waals surface area (Å²) in [6.45, 7) is 9.64. The van der Waals surface area contributed by atoms with E-state index in [0.29, 0.717) is 18.1 Å². The summed E-state index contributed by atoms with van der Waals surface area (Å²) < 4.78 is 5.63. The Morgan fingerprint density at radius 2 is 0.982 bits per heavy atom. The second kappa shape index (κ2) is 14.9. The Labute approximate surface area is 353 Å². The molecule has 4 aromatic carbocycles. The molecule has 4 aromatic rings. The molecule has 4 bridgehead atoms. The Morgan fingerprint density at radius 3 is 1.32 bits per heavy atom. The number of hydrogen-bond donors (Lipinski definition) is 0. The zero-order chi connectivity index (χ0) is 36.9. The van der Waals surface area contributed by atoms with Gasteiger partial charge in [0.15, 0.2) is 0 Å². The minimum absolute atomic E-state index is 0. The third-order valence-corrected chi connectivity index (χ3v) is 40.2. The molecule has 6 aliphatic rings. The molecule has 2 unspecified atom stereocenters. The third kappa shape index (κ3) is 6.63. The van der Waals surface area contributed by atoms with Gasteiger partial charge in [0.25, 0.3) is 0 Å². The smallest absolute Gasteiger partial charge is 0.147 e. The maximum Gasteiger partial charge on any atom is -0.147 e. The largest absolute Gasteiger partial charge is 0.147 e. The fourth-order valence-corrected chi connectivity index (χ4v) is 40.1. The molecule has 0 saturated heterocycles. The number of benzene rings is 4. The van der Waals surface area contributed by atoms with Crippen molar-refractivity contribution in [2.45, 2.75) is 120 Å². The molecule has 4 fully saturated rings. The Kier molecular flexibility index (Phi) is 10.9. The molecular weight excluding hydrogens is 815 g/mol. The summed E-state index contributed by atoms with van der Waals surface area (Å²) >= 11 is -3.96. The van der Waals surface area contributed by atoms with Crippen molar-refractivity contribution in [2.24, 2.45) is 22.7 Å². The second-order valence-electron chi connectivity index (χ2n) is 20.6. The van der Waals surface area contributed by atoms with Gasteiger partial charge in [0.1, 0.15) is 0 Å². The van der Waals surface area contributed by atoms with Gasteiger partial charge in [0.2, 0.25) is 0 Å². The van der Waals surface area contributed by atoms with Crippen LogP contribution < -0.4 is 0 Å². The number of aryl methyl sites for hydroxylation is 2. The van der Waals surface area contributed by atoms with Gasteiger partial charge in [0.05, 0.1) is 0 Å². The van der Waals surface area contributed by atoms with Gasteiger partial charge in [0, 0.05) is 0 Å². The molecule has 0 nitrogen and oxygen atoms in total. The monoisotopic (exact) mass is 876 g/mol. The summed E-state index contributed by atoms with van der Waals surface area (Å²) in [5.74, 6) is 1.97. The van der Waals surface area contributed by atoms with Crippen LogP contribution in [0.4, 0.5) is 0 Å². The second-order valence-corrected chi connectivity index (χ2v) is 49.0. The van der Waals surface area contributed by atoms with Crippen LogP contribution in [0.15, 0.2) is 96.1 Å². The van der Waals surface area contributed by atoms with Crippen LogP contribution in [0.3, 0.4) is 0 Å². The van der Waals surface area contributed by atoms with Crippen molar-refractivity contribution in [3.05, 3.63) is 129 Å². The van der Waals surface area contributed by atoms with Gasteiger partial charge in [-0.3, -0.25) is 0 Å². The van der Waals surface area contributed by atoms with E-state index in [4.69, 9.17) is 0 Å². The van der Waals surface area contributed by atoms with E-state index >= 15 is 0 Å². The fraction of sp³-hybridized carbons (Fsp3) is 0.462. The van der Waals surface area contributed by atoms with Crippen LogP contribution >= 0.6 is 24.8 Å². The summed E-state index contributed by atoms with van der Waals surface area (Å²) in [7, 11) is 0. The van der Waals surface area contributed by atoms with Crippen LogP contribution in [0, 0.1) is 36.5 Å². The number of hydrogen-bond acceptors (Lipinski definition) is 0. The van der Waals surface area contributed by atoms with E-state index in [1.54, 1.807) is 22.3 Å². The van der Waals surface area contributed by atoms with Gasteiger partial charge in [-0.2, -0.15) is 0 Å². The molecule has 4 saturated carbocycles. The van der Waals surface area contributed by atoms with E-state index in [1.165, 1.54) is 121 Å². The maximum absolute atomic E-state index is 3.96. The van der Waals surface area contributed by atoms with Gasteiger partial charge < -0.3 is 0 Å². The predicted octanol–water partition coefficient (Wildman–Crippen LogP) is 15.1. The molecular formula is C52H64Cl2SiZr. The summed E-state index contributed by atoms with van der Waals surface area (Å²) in [6.07, 6.45) is 24.3. The Hall–Kier alpha value is -1.96. The van der Waals surface area contributed by atoms with E-state index in [1.807, 2.05) is 11.1 Å². The van der Waals surface area contributed by atoms with Gasteiger partial charge in [-0.1, -0.05) is 0 Å². The number of rotatable bonds is 10. The number of allylic oxidation sites excluding steroid dienone is 2. The van der Waals surface area contributed by atoms with Crippen molar-refractivity contribution in [3.63, 3.8) is 0 Å². The molecule has 56 heavy (non-hydrogen) atoms. The van der Waals surface area contributed by atoms with Crippen molar-refractivity contribution in [1.29, 1.82) is 0 Å². The predicted molar refractivity (Wildman–Crippen MR) is 246 cm³/mol. The standard InChI is InChI=1S/2C24H25.C3H7.CH3.2ClH.H2Si.Zr/c2*1-17-5-7-20(8-6-17)22-4-2-3-21-13-19(14-23(21)22)16-24-11-9-18(15-24)10-12-24;1-3-2;;;;;/h2*2-8,13-14,18H,9-12,15-16H2,1H3;1,3H2,2H3;1H3;2*1H;1H2;. The first-order valence-corrected chi connectivity index (χ1v) is 34.9. The maximum atomic E-state index is 3.01. The normalized spacial score (nSPS) is 28.4. The van der Waals surface area contributed by atoms with Gasteiger partial charge in [-0.05, 0) is 0 Å². The molecule has 0 spiro atoms. The van der Waals surface area contributed by atoms with Gasteiger partial charge in [-0.15, -0.1) is 24.8 Å². The Morgan fingerprint density at radius 1 is 0.589 bits per heavy atom. The molecule has 4 heteroatoms. The van der Waals surface area contributed by atoms with E-state index in [2.05, 4.69) is 129 Å². The SMILES string of the molecule is CC[CH2][Zr]([CH3])(=[SiH2])([CH]1C(CC23CCC(CC2)C3)=Cc2c(-c3ccc(C)cc3)cccc21)[CH]1C(CC23CCC(CC2)C3)=Cc2c(-c3ccc(C)cc3)cccc21.Cl.Cl. The molecule has 294 valence electrons. The average Bonchev–Trinajstić information content (AvgIpc) is 4.02. The summed E-state index contributed by atoms with van der Waals surface area (Å²) in [5.41, 5.74) is 19.7. The minimum Gasteiger partial charge on any atom is -0.147 e. The van der Waals surface area contributed by atoms with Gasteiger partial charge >= 0.3 is 331 Å². The van der Waals surface area contributed by atoms with E-state index in [-0.39, 0.29) is 24.8 Å². The molecule has 0 radical (unpaired) electrons. The molecule has 2 atom stereocenters. The zero-order valence-corrected chi connectivity index (χ0v) is 40.0. The van der Waals surface area contributed by atoms with Crippen molar-refractivity contribution in [1.82, 2.24) is 0 Å². The van der Waals surface area contributed by atoms with Crippen molar-refractivity contribution in [2.75, 3.05) is 0 Å². The van der Waals surface area contributed by atoms with E-state index in [0.717, 1.165) is 11.8 Å². The molecule has 0 aliphatic heterocycles. The molecule has 6 aliphatic carbocycles. The first-order valence-electron chi connectivity index (χ1n) is 21.9. The molecule has 0 heterocycles. The van der Waals surface area contributed by atoms with Crippen LogP contribution in [0.5, 0.6) is 0 Å². The van der Waals surface area contributed by atoms with Crippen molar-refractivity contribution >= 4 is 43.8 Å². The Balaban J connectivity index is 0.00000220. The average molecular weight is 879 g/mol. The third-order valence-electron chi connectivity index (χ3n) is 16.7. The summed E-state index contributed by atoms with van der Waals surface area (Å²) in [4.78, 5) is 0. The molecule has 10 rings (SSSR count). The minimum atomic E-state index is -3.96. The first-order chi connectivity index (χ1) is 26.0. The van der Waals surface area contributed by atoms with Crippen molar-refractivity contribution < 1.29 is 17.4 Å². The number of halogens is 2. The van der Waals surface area contributed by atoms with E-state index < -0.39 is 17.4 Å². The Bertz CT molecular complexity index is 2110. The van der Waals surface area contributed by atoms with Crippen LogP contribution in [0.25, 0.3) is 34.4 Å². The van der Waals surface area contributed by atoms with Crippen LogP contribution in [0.1, 0.15) is 131 Å². The van der Waals surface area contributed by atoms with Crippen LogP contribution in [-0.4, -0.2) is 6.88 Å². The number of fused-ring (bicyclic) bond motifs is 6. The van der Waals surface area contributed by atoms with E-state index in [9.17, 15) is 0 Å². The zero-order valence-electron chi connectivity index (χ0n) is 34.5. The molecule has 0 amide bonds. The summed E-state index contributed by atoms with van der Waals surface area (Å²) in [6, 6.07) is 33.8. The fourth-order valence-electron chi connectivity index (χ4n) is 14.4. The quantitative estimate of drug-likeness (QED) is 0.139. The van der Waals surface area contributed by atoms with Crippen molar-refractivity contribution in [3.8, 4) is 22.3 Å².